The summed E-state index contributed by atoms with van der Waals surface area (Å²) in [6, 6.07) is 8.16. The van der Waals surface area contributed by atoms with E-state index >= 15 is 0 Å². The second kappa shape index (κ2) is 10.6. The number of oxazole rings is 1. The lowest BCUT2D eigenvalue weighted by Gasteiger charge is -2.17. The molecule has 0 unspecified atom stereocenters. The highest BCUT2D eigenvalue weighted by atomic mass is 16.3. The average Bonchev–Trinajstić information content (AvgIpc) is 3.12. The molecule has 1 heterocycles. The lowest BCUT2D eigenvalue weighted by Crippen LogP contribution is -2.40. The van der Waals surface area contributed by atoms with Crippen LogP contribution in [0.1, 0.15) is 31.0 Å². The molecular formula is C20H31N5O. The van der Waals surface area contributed by atoms with Crippen LogP contribution in [0.4, 0.5) is 0 Å². The third kappa shape index (κ3) is 6.52. The molecule has 6 nitrogen and oxygen atoms in total. The van der Waals surface area contributed by atoms with Crippen molar-refractivity contribution in [3.8, 4) is 11.5 Å². The fourth-order valence-corrected chi connectivity index (χ4v) is 2.52. The van der Waals surface area contributed by atoms with Crippen LogP contribution in [0.15, 0.2) is 39.9 Å². The standard InChI is InChI=1S/C20H31N5O/c1-5-6-12-25(4)13-11-22-20(21-3)23-14-18-15-26-19(24-18)17-9-7-16(2)8-10-17/h7-10,15H,5-6,11-14H2,1-4H3,(H2,21,22,23). The Balaban J connectivity index is 1.77. The first-order valence-electron chi connectivity index (χ1n) is 9.27. The van der Waals surface area contributed by atoms with E-state index in [1.54, 1.807) is 13.3 Å². The Bertz CT molecular complexity index is 678. The van der Waals surface area contributed by atoms with Crippen molar-refractivity contribution in [1.82, 2.24) is 20.5 Å². The van der Waals surface area contributed by atoms with Gasteiger partial charge in [-0.25, -0.2) is 4.98 Å². The molecule has 1 aromatic carbocycles. The molecule has 0 amide bonds. The number of rotatable bonds is 9. The van der Waals surface area contributed by atoms with E-state index in [0.29, 0.717) is 12.4 Å². The van der Waals surface area contributed by atoms with Crippen LogP contribution in [0.25, 0.3) is 11.5 Å². The van der Waals surface area contributed by atoms with E-state index in [2.05, 4.69) is 58.5 Å². The summed E-state index contributed by atoms with van der Waals surface area (Å²) in [4.78, 5) is 11.1. The number of nitrogens with one attached hydrogen (secondary N) is 2. The molecule has 0 fully saturated rings. The lowest BCUT2D eigenvalue weighted by atomic mass is 10.1. The molecule has 2 N–H and O–H groups in total. The van der Waals surface area contributed by atoms with Crippen molar-refractivity contribution in [2.45, 2.75) is 33.2 Å². The van der Waals surface area contributed by atoms with Gasteiger partial charge in [0.15, 0.2) is 5.96 Å². The quantitative estimate of drug-likeness (QED) is 0.533. The van der Waals surface area contributed by atoms with Crippen molar-refractivity contribution < 1.29 is 4.42 Å². The molecule has 0 saturated carbocycles. The zero-order valence-corrected chi connectivity index (χ0v) is 16.4. The molecule has 0 aliphatic heterocycles. The van der Waals surface area contributed by atoms with Crippen molar-refractivity contribution in [3.63, 3.8) is 0 Å². The zero-order chi connectivity index (χ0) is 18.8. The molecule has 0 radical (unpaired) electrons. The number of hydrogen-bond donors (Lipinski definition) is 2. The number of unbranched alkanes of at least 4 members (excludes halogenated alkanes) is 1. The highest BCUT2D eigenvalue weighted by molar-refractivity contribution is 5.79. The lowest BCUT2D eigenvalue weighted by molar-refractivity contribution is 0.332. The average molecular weight is 358 g/mol. The van der Waals surface area contributed by atoms with E-state index < -0.39 is 0 Å². The zero-order valence-electron chi connectivity index (χ0n) is 16.4. The number of aryl methyl sites for hydroxylation is 1. The summed E-state index contributed by atoms with van der Waals surface area (Å²) in [7, 11) is 3.92. The molecule has 6 heteroatoms. The highest BCUT2D eigenvalue weighted by Gasteiger charge is 2.07. The summed E-state index contributed by atoms with van der Waals surface area (Å²) in [6.45, 7) is 7.82. The Hall–Kier alpha value is -2.34. The maximum Gasteiger partial charge on any atom is 0.226 e. The molecule has 2 aromatic rings. The number of aliphatic imine (C=N–C) groups is 1. The van der Waals surface area contributed by atoms with Gasteiger partial charge in [0.25, 0.3) is 0 Å². The fourth-order valence-electron chi connectivity index (χ4n) is 2.52. The molecule has 0 saturated heterocycles. The van der Waals surface area contributed by atoms with Crippen molar-refractivity contribution in [2.75, 3.05) is 33.7 Å². The molecule has 0 bridgehead atoms. The SMILES string of the molecule is CCCCN(C)CCNC(=NC)NCc1coc(-c2ccc(C)cc2)n1. The van der Waals surface area contributed by atoms with Crippen LogP contribution in [0.3, 0.4) is 0 Å². The molecule has 0 aliphatic carbocycles. The largest absolute Gasteiger partial charge is 0.444 e. The molecule has 2 rings (SSSR count). The number of guanidine groups is 1. The van der Waals surface area contributed by atoms with Gasteiger partial charge in [0, 0.05) is 25.7 Å². The van der Waals surface area contributed by atoms with Crippen molar-refractivity contribution >= 4 is 5.96 Å². The molecular weight excluding hydrogens is 326 g/mol. The second-order valence-corrected chi connectivity index (χ2v) is 6.52. The van der Waals surface area contributed by atoms with E-state index in [1.165, 1.54) is 18.4 Å². The van der Waals surface area contributed by atoms with Crippen molar-refractivity contribution in [1.29, 1.82) is 0 Å². The van der Waals surface area contributed by atoms with Crippen LogP contribution in [-0.2, 0) is 6.54 Å². The van der Waals surface area contributed by atoms with Gasteiger partial charge in [0.1, 0.15) is 6.26 Å². The van der Waals surface area contributed by atoms with Gasteiger partial charge in [-0.05, 0) is 39.1 Å². The summed E-state index contributed by atoms with van der Waals surface area (Å²) in [6.07, 6.45) is 4.15. The minimum Gasteiger partial charge on any atom is -0.444 e. The molecule has 0 spiro atoms. The Kier molecular flexibility index (Phi) is 8.15. The van der Waals surface area contributed by atoms with Crippen LogP contribution in [0.2, 0.25) is 0 Å². The van der Waals surface area contributed by atoms with E-state index in [1.807, 2.05) is 12.1 Å². The Morgan fingerprint density at radius 3 is 2.65 bits per heavy atom. The second-order valence-electron chi connectivity index (χ2n) is 6.52. The molecule has 26 heavy (non-hydrogen) atoms. The van der Waals surface area contributed by atoms with Gasteiger partial charge in [-0.3, -0.25) is 4.99 Å². The smallest absolute Gasteiger partial charge is 0.226 e. The van der Waals surface area contributed by atoms with E-state index in [-0.39, 0.29) is 0 Å². The predicted octanol–water partition coefficient (Wildman–Crippen LogP) is 3.05. The molecule has 1 aromatic heterocycles. The Morgan fingerprint density at radius 1 is 1.19 bits per heavy atom. The summed E-state index contributed by atoms with van der Waals surface area (Å²) < 4.78 is 5.59. The molecule has 0 aliphatic rings. The number of benzene rings is 1. The predicted molar refractivity (Wildman–Crippen MR) is 107 cm³/mol. The molecule has 0 atom stereocenters. The first-order chi connectivity index (χ1) is 12.6. The summed E-state index contributed by atoms with van der Waals surface area (Å²) in [5.41, 5.74) is 3.06. The number of likely N-dealkylation sites (N-methyl/N-ethyl adjacent to an activating group) is 1. The number of hydrogen-bond acceptors (Lipinski definition) is 4. The van der Waals surface area contributed by atoms with E-state index in [0.717, 1.165) is 36.9 Å². The normalized spacial score (nSPS) is 11.8. The van der Waals surface area contributed by atoms with Gasteiger partial charge in [0.2, 0.25) is 5.89 Å². The fraction of sp³-hybridized carbons (Fsp3) is 0.500. The van der Waals surface area contributed by atoms with E-state index in [9.17, 15) is 0 Å². The van der Waals surface area contributed by atoms with Gasteiger partial charge in [-0.1, -0.05) is 31.0 Å². The van der Waals surface area contributed by atoms with Crippen LogP contribution < -0.4 is 10.6 Å². The van der Waals surface area contributed by atoms with Crippen molar-refractivity contribution in [2.24, 2.45) is 4.99 Å². The topological polar surface area (TPSA) is 65.7 Å². The van der Waals surface area contributed by atoms with E-state index in [4.69, 9.17) is 4.42 Å². The minimum atomic E-state index is 0.570. The third-order valence-electron chi connectivity index (χ3n) is 4.19. The van der Waals surface area contributed by atoms with Gasteiger partial charge in [-0.2, -0.15) is 0 Å². The maximum atomic E-state index is 5.59. The van der Waals surface area contributed by atoms with Gasteiger partial charge in [0.05, 0.1) is 12.2 Å². The van der Waals surface area contributed by atoms with Gasteiger partial charge < -0.3 is 20.0 Å². The first kappa shape index (κ1) is 20.0. The number of aromatic nitrogens is 1. The summed E-state index contributed by atoms with van der Waals surface area (Å²) in [5.74, 6) is 1.41. The van der Waals surface area contributed by atoms with Crippen LogP contribution in [0.5, 0.6) is 0 Å². The third-order valence-corrected chi connectivity index (χ3v) is 4.19. The van der Waals surface area contributed by atoms with Crippen molar-refractivity contribution in [3.05, 3.63) is 41.8 Å². The van der Waals surface area contributed by atoms with Crippen LogP contribution >= 0.6 is 0 Å². The van der Waals surface area contributed by atoms with Gasteiger partial charge >= 0.3 is 0 Å². The minimum absolute atomic E-state index is 0.570. The van der Waals surface area contributed by atoms with Crippen LogP contribution in [0, 0.1) is 6.92 Å². The summed E-state index contributed by atoms with van der Waals surface area (Å²) >= 11 is 0. The Morgan fingerprint density at radius 2 is 1.96 bits per heavy atom. The van der Waals surface area contributed by atoms with Gasteiger partial charge in [-0.15, -0.1) is 0 Å². The Labute approximate surface area is 156 Å². The molecule has 142 valence electrons. The highest BCUT2D eigenvalue weighted by Crippen LogP contribution is 2.18. The monoisotopic (exact) mass is 357 g/mol. The summed E-state index contributed by atoms with van der Waals surface area (Å²) in [5, 5.41) is 6.60. The maximum absolute atomic E-state index is 5.59. The van der Waals surface area contributed by atoms with Crippen LogP contribution in [-0.4, -0.2) is 49.6 Å². The number of nitrogens with zero attached hydrogens (tertiary/aromatic N) is 3. The first-order valence-corrected chi connectivity index (χ1v) is 9.27.